The summed E-state index contributed by atoms with van der Waals surface area (Å²) in [5.74, 6) is -3.58. The van der Waals surface area contributed by atoms with Crippen LogP contribution < -0.4 is 5.32 Å². The minimum atomic E-state index is -2.81. The number of fused-ring (bicyclic) bond motifs is 1. The fourth-order valence-corrected chi connectivity index (χ4v) is 4.85. The Hall–Kier alpha value is -1.53. The van der Waals surface area contributed by atoms with Gasteiger partial charge >= 0.3 is 0 Å². The van der Waals surface area contributed by atoms with Crippen molar-refractivity contribution in [2.24, 2.45) is 11.8 Å². The Morgan fingerprint density at radius 2 is 2.00 bits per heavy atom. The molecular formula is C19H24F2N2O2. The topological polar surface area (TPSA) is 52.6 Å². The summed E-state index contributed by atoms with van der Waals surface area (Å²) in [6.07, 6.45) is 0.345. The molecule has 0 radical (unpaired) electrons. The third-order valence-corrected chi connectivity index (χ3v) is 6.24. The van der Waals surface area contributed by atoms with Crippen molar-refractivity contribution in [3.63, 3.8) is 0 Å². The van der Waals surface area contributed by atoms with Crippen LogP contribution in [0.15, 0.2) is 30.3 Å². The molecule has 136 valence electrons. The van der Waals surface area contributed by atoms with Gasteiger partial charge in [0.25, 0.3) is 5.91 Å². The van der Waals surface area contributed by atoms with Gasteiger partial charge < -0.3 is 15.3 Å². The molecule has 1 aliphatic carbocycles. The van der Waals surface area contributed by atoms with E-state index in [1.54, 1.807) is 35.2 Å². The molecule has 4 nitrogen and oxygen atoms in total. The van der Waals surface area contributed by atoms with Crippen molar-refractivity contribution < 1.29 is 18.7 Å². The van der Waals surface area contributed by atoms with Gasteiger partial charge in [-0.1, -0.05) is 30.3 Å². The lowest BCUT2D eigenvalue weighted by Gasteiger charge is -2.38. The molecule has 2 N–H and O–H groups in total. The number of nitrogens with one attached hydrogen (secondary N) is 1. The Balaban J connectivity index is 1.69. The van der Waals surface area contributed by atoms with Gasteiger partial charge in [0.1, 0.15) is 0 Å². The highest BCUT2D eigenvalue weighted by Crippen LogP contribution is 2.48. The Labute approximate surface area is 146 Å². The van der Waals surface area contributed by atoms with Gasteiger partial charge in [0, 0.05) is 44.4 Å². The molecule has 2 unspecified atom stereocenters. The number of alkyl halides is 2. The summed E-state index contributed by atoms with van der Waals surface area (Å²) < 4.78 is 27.7. The van der Waals surface area contributed by atoms with Crippen LogP contribution in [0.1, 0.15) is 31.2 Å². The minimum Gasteiger partial charge on any atom is -0.375 e. The number of hydrogen-bond acceptors (Lipinski definition) is 3. The molecule has 0 spiro atoms. The van der Waals surface area contributed by atoms with E-state index in [-0.39, 0.29) is 18.9 Å². The highest BCUT2D eigenvalue weighted by molar-refractivity contribution is 5.87. The van der Waals surface area contributed by atoms with Gasteiger partial charge in [-0.3, -0.25) is 4.79 Å². The van der Waals surface area contributed by atoms with Crippen LogP contribution in [-0.4, -0.2) is 47.5 Å². The third kappa shape index (κ3) is 2.75. The Morgan fingerprint density at radius 1 is 1.24 bits per heavy atom. The van der Waals surface area contributed by atoms with Crippen LogP contribution in [0.5, 0.6) is 0 Å². The summed E-state index contributed by atoms with van der Waals surface area (Å²) in [5.41, 5.74) is -1.45. The van der Waals surface area contributed by atoms with Crippen molar-refractivity contribution in [1.29, 1.82) is 0 Å². The quantitative estimate of drug-likeness (QED) is 0.878. The molecule has 4 rings (SSSR count). The molecule has 0 bridgehead atoms. The number of carbonyl (C=O) groups is 1. The lowest BCUT2D eigenvalue weighted by atomic mass is 9.78. The van der Waals surface area contributed by atoms with E-state index in [0.717, 1.165) is 13.0 Å². The fraction of sp³-hybridized carbons (Fsp3) is 0.632. The smallest absolute Gasteiger partial charge is 0.259 e. The molecule has 3 fully saturated rings. The van der Waals surface area contributed by atoms with Crippen LogP contribution in [0.25, 0.3) is 0 Å². The molecule has 2 heterocycles. The maximum atomic E-state index is 13.9. The molecule has 4 atom stereocenters. The average molecular weight is 350 g/mol. The van der Waals surface area contributed by atoms with Crippen molar-refractivity contribution in [2.45, 2.75) is 43.2 Å². The third-order valence-electron chi connectivity index (χ3n) is 6.24. The van der Waals surface area contributed by atoms with Crippen molar-refractivity contribution in [3.05, 3.63) is 35.9 Å². The molecule has 1 amide bonds. The van der Waals surface area contributed by atoms with Gasteiger partial charge in [-0.05, 0) is 24.3 Å². The van der Waals surface area contributed by atoms with E-state index in [1.165, 1.54) is 0 Å². The maximum absolute atomic E-state index is 13.9. The van der Waals surface area contributed by atoms with Gasteiger partial charge in [0.2, 0.25) is 5.92 Å². The second-order valence-electron chi connectivity index (χ2n) is 7.70. The van der Waals surface area contributed by atoms with E-state index in [4.69, 9.17) is 0 Å². The summed E-state index contributed by atoms with van der Waals surface area (Å²) in [6.45, 7) is 2.18. The second-order valence-corrected chi connectivity index (χ2v) is 7.70. The number of rotatable bonds is 3. The predicted octanol–water partition coefficient (Wildman–Crippen LogP) is 2.13. The van der Waals surface area contributed by atoms with Crippen LogP contribution in [0.4, 0.5) is 8.78 Å². The summed E-state index contributed by atoms with van der Waals surface area (Å²) in [5, 5.41) is 14.8. The molecular weight excluding hydrogens is 326 g/mol. The van der Waals surface area contributed by atoms with Crippen molar-refractivity contribution >= 4 is 5.91 Å². The first-order valence-corrected chi connectivity index (χ1v) is 9.09. The Morgan fingerprint density at radius 3 is 2.68 bits per heavy atom. The fourth-order valence-electron chi connectivity index (χ4n) is 4.85. The number of halogens is 2. The zero-order chi connectivity index (χ0) is 17.7. The van der Waals surface area contributed by atoms with Gasteiger partial charge in [0.15, 0.2) is 5.60 Å². The summed E-state index contributed by atoms with van der Waals surface area (Å²) in [6, 6.07) is 8.69. The number of likely N-dealkylation sites (tertiary alicyclic amines) is 1. The Bertz CT molecular complexity index is 654. The first kappa shape index (κ1) is 16.9. The van der Waals surface area contributed by atoms with Crippen LogP contribution in [0.2, 0.25) is 0 Å². The van der Waals surface area contributed by atoms with Gasteiger partial charge in [0.05, 0.1) is 0 Å². The SMILES string of the molecule is O=C(N1CCC2CNCC21)[C@](O)(c1ccccc1)[C@@H]1CCC(F)(F)C1. The lowest BCUT2D eigenvalue weighted by molar-refractivity contribution is -0.161. The van der Waals surface area contributed by atoms with Gasteiger partial charge in [-0.25, -0.2) is 8.78 Å². The first-order valence-electron chi connectivity index (χ1n) is 9.09. The Kier molecular flexibility index (Phi) is 4.07. The molecule has 1 aromatic carbocycles. The van der Waals surface area contributed by atoms with Crippen molar-refractivity contribution in [3.8, 4) is 0 Å². The molecule has 1 saturated carbocycles. The number of benzene rings is 1. The highest BCUT2D eigenvalue weighted by Gasteiger charge is 2.56. The van der Waals surface area contributed by atoms with Crippen LogP contribution in [0, 0.1) is 11.8 Å². The van der Waals surface area contributed by atoms with Crippen LogP contribution in [-0.2, 0) is 10.4 Å². The van der Waals surface area contributed by atoms with E-state index >= 15 is 0 Å². The summed E-state index contributed by atoms with van der Waals surface area (Å²) >= 11 is 0. The maximum Gasteiger partial charge on any atom is 0.259 e. The van der Waals surface area contributed by atoms with Crippen molar-refractivity contribution in [1.82, 2.24) is 10.2 Å². The molecule has 2 aliphatic heterocycles. The molecule has 1 aromatic rings. The number of amides is 1. The molecule has 0 aromatic heterocycles. The largest absolute Gasteiger partial charge is 0.375 e. The standard InChI is InChI=1S/C19H24F2N2O2/c20-18(21)8-6-15(10-18)19(25,14-4-2-1-3-5-14)17(24)23-9-7-13-11-22-12-16(13)23/h1-5,13,15-16,22,25H,6-12H2/t13?,15-,16?,19+/m1/s1. The molecule has 3 aliphatic rings. The van der Waals surface area contributed by atoms with Crippen LogP contribution >= 0.6 is 0 Å². The van der Waals surface area contributed by atoms with Crippen LogP contribution in [0.3, 0.4) is 0 Å². The minimum absolute atomic E-state index is 0.0599. The zero-order valence-corrected chi connectivity index (χ0v) is 14.1. The average Bonchev–Trinajstić information content (AvgIpc) is 3.29. The summed E-state index contributed by atoms with van der Waals surface area (Å²) in [4.78, 5) is 15.1. The zero-order valence-electron chi connectivity index (χ0n) is 14.1. The van der Waals surface area contributed by atoms with E-state index in [1.807, 2.05) is 0 Å². The van der Waals surface area contributed by atoms with Gasteiger partial charge in [-0.15, -0.1) is 0 Å². The monoisotopic (exact) mass is 350 g/mol. The van der Waals surface area contributed by atoms with Gasteiger partial charge in [-0.2, -0.15) is 0 Å². The molecule has 25 heavy (non-hydrogen) atoms. The second kappa shape index (κ2) is 6.02. The summed E-state index contributed by atoms with van der Waals surface area (Å²) in [7, 11) is 0. The predicted molar refractivity (Wildman–Crippen MR) is 89.1 cm³/mol. The molecule has 6 heteroatoms. The van der Waals surface area contributed by atoms with E-state index in [2.05, 4.69) is 5.32 Å². The highest BCUT2D eigenvalue weighted by atomic mass is 19.3. The normalized spacial score (nSPS) is 33.2. The number of nitrogens with zero attached hydrogens (tertiary/aromatic N) is 1. The van der Waals surface area contributed by atoms with E-state index in [0.29, 0.717) is 24.6 Å². The van der Waals surface area contributed by atoms with E-state index in [9.17, 15) is 18.7 Å². The first-order chi connectivity index (χ1) is 11.9. The number of hydrogen-bond donors (Lipinski definition) is 2. The molecule has 2 saturated heterocycles. The van der Waals surface area contributed by atoms with Crippen molar-refractivity contribution in [2.75, 3.05) is 19.6 Å². The number of aliphatic hydroxyl groups is 1. The lowest BCUT2D eigenvalue weighted by Crippen LogP contribution is -2.53. The van der Waals surface area contributed by atoms with E-state index < -0.39 is 29.8 Å². The number of carbonyl (C=O) groups excluding carboxylic acids is 1.